The van der Waals surface area contributed by atoms with E-state index in [0.29, 0.717) is 25.0 Å². The normalized spacial score (nSPS) is 38.5. The molecule has 0 amide bonds. The minimum Gasteiger partial charge on any atom is -0.392 e. The van der Waals surface area contributed by atoms with Gasteiger partial charge in [0, 0.05) is 13.0 Å². The molecule has 12 heavy (non-hydrogen) atoms. The Balaban J connectivity index is 2.27. The van der Waals surface area contributed by atoms with E-state index in [1.54, 1.807) is 0 Å². The van der Waals surface area contributed by atoms with Crippen molar-refractivity contribution < 1.29 is 9.84 Å². The molecule has 0 saturated carbocycles. The standard InChI is InChI=1S/C9H19NO2/c1-6-3-9(12-7(6)2)4-8(11)5-10/h6-9,11H,3-5,10H2,1-2H3. The number of nitrogens with two attached hydrogens (primary N) is 1. The van der Waals surface area contributed by atoms with Crippen LogP contribution in [0.4, 0.5) is 0 Å². The maximum atomic E-state index is 9.29. The van der Waals surface area contributed by atoms with Gasteiger partial charge < -0.3 is 15.6 Å². The summed E-state index contributed by atoms with van der Waals surface area (Å²) in [5, 5.41) is 9.29. The van der Waals surface area contributed by atoms with Gasteiger partial charge in [0.1, 0.15) is 0 Å². The monoisotopic (exact) mass is 173 g/mol. The van der Waals surface area contributed by atoms with E-state index < -0.39 is 6.10 Å². The van der Waals surface area contributed by atoms with Gasteiger partial charge in [0.15, 0.2) is 0 Å². The van der Waals surface area contributed by atoms with Crippen LogP contribution < -0.4 is 5.73 Å². The topological polar surface area (TPSA) is 55.5 Å². The number of aliphatic hydroxyl groups excluding tert-OH is 1. The molecule has 0 bridgehead atoms. The number of ether oxygens (including phenoxy) is 1. The third-order valence-corrected chi connectivity index (χ3v) is 2.65. The Morgan fingerprint density at radius 2 is 2.25 bits per heavy atom. The lowest BCUT2D eigenvalue weighted by Crippen LogP contribution is -2.25. The molecular weight excluding hydrogens is 154 g/mol. The van der Waals surface area contributed by atoms with Crippen molar-refractivity contribution in [1.82, 2.24) is 0 Å². The van der Waals surface area contributed by atoms with E-state index in [1.807, 2.05) is 0 Å². The van der Waals surface area contributed by atoms with Gasteiger partial charge in [-0.3, -0.25) is 0 Å². The SMILES string of the molecule is CC1CC(CC(O)CN)OC1C. The van der Waals surface area contributed by atoms with E-state index in [9.17, 15) is 5.11 Å². The molecule has 1 rings (SSSR count). The van der Waals surface area contributed by atoms with Crippen molar-refractivity contribution in [3.63, 3.8) is 0 Å². The first-order chi connectivity index (χ1) is 5.63. The Hall–Kier alpha value is -0.120. The molecule has 1 heterocycles. The van der Waals surface area contributed by atoms with Crippen molar-refractivity contribution in [2.24, 2.45) is 11.7 Å². The second-order valence-corrected chi connectivity index (χ2v) is 3.80. The number of aliphatic hydroxyl groups is 1. The van der Waals surface area contributed by atoms with E-state index in [-0.39, 0.29) is 6.10 Å². The van der Waals surface area contributed by atoms with E-state index in [1.165, 1.54) is 0 Å². The van der Waals surface area contributed by atoms with E-state index in [0.717, 1.165) is 6.42 Å². The van der Waals surface area contributed by atoms with Gasteiger partial charge in [0.25, 0.3) is 0 Å². The summed E-state index contributed by atoms with van der Waals surface area (Å²) in [5.74, 6) is 0.611. The molecule has 3 nitrogen and oxygen atoms in total. The molecule has 0 aliphatic carbocycles. The van der Waals surface area contributed by atoms with E-state index >= 15 is 0 Å². The van der Waals surface area contributed by atoms with Crippen LogP contribution in [-0.4, -0.2) is 30.0 Å². The predicted molar refractivity (Wildman–Crippen MR) is 47.8 cm³/mol. The van der Waals surface area contributed by atoms with Crippen molar-refractivity contribution in [2.45, 2.75) is 45.0 Å². The van der Waals surface area contributed by atoms with Gasteiger partial charge in [0.2, 0.25) is 0 Å². The van der Waals surface area contributed by atoms with E-state index in [2.05, 4.69) is 13.8 Å². The largest absolute Gasteiger partial charge is 0.392 e. The first kappa shape index (κ1) is 9.96. The summed E-state index contributed by atoms with van der Waals surface area (Å²) in [7, 11) is 0. The van der Waals surface area contributed by atoms with Gasteiger partial charge in [-0.25, -0.2) is 0 Å². The summed E-state index contributed by atoms with van der Waals surface area (Å²) in [6, 6.07) is 0. The van der Waals surface area contributed by atoms with Crippen molar-refractivity contribution in [3.8, 4) is 0 Å². The molecule has 3 N–H and O–H groups in total. The van der Waals surface area contributed by atoms with Gasteiger partial charge in [-0.05, 0) is 19.3 Å². The zero-order chi connectivity index (χ0) is 9.14. The molecule has 1 aliphatic heterocycles. The van der Waals surface area contributed by atoms with Crippen LogP contribution in [0.25, 0.3) is 0 Å². The second-order valence-electron chi connectivity index (χ2n) is 3.80. The summed E-state index contributed by atoms with van der Waals surface area (Å²) >= 11 is 0. The van der Waals surface area contributed by atoms with E-state index in [4.69, 9.17) is 10.5 Å². The summed E-state index contributed by atoms with van der Waals surface area (Å²) in [5.41, 5.74) is 5.31. The van der Waals surface area contributed by atoms with Gasteiger partial charge >= 0.3 is 0 Å². The molecule has 0 aromatic rings. The van der Waals surface area contributed by atoms with Crippen LogP contribution in [-0.2, 0) is 4.74 Å². The highest BCUT2D eigenvalue weighted by Crippen LogP contribution is 2.27. The Kier molecular flexibility index (Phi) is 3.50. The molecule has 4 atom stereocenters. The number of hydrogen-bond donors (Lipinski definition) is 2. The minimum absolute atomic E-state index is 0.216. The molecule has 0 spiro atoms. The summed E-state index contributed by atoms with van der Waals surface area (Å²) < 4.78 is 5.63. The minimum atomic E-state index is -0.396. The zero-order valence-corrected chi connectivity index (χ0v) is 7.86. The van der Waals surface area contributed by atoms with Crippen LogP contribution >= 0.6 is 0 Å². The first-order valence-electron chi connectivity index (χ1n) is 4.67. The lowest BCUT2D eigenvalue weighted by molar-refractivity contribution is 0.0172. The fourth-order valence-corrected chi connectivity index (χ4v) is 1.65. The van der Waals surface area contributed by atoms with Gasteiger partial charge in [-0.1, -0.05) is 6.92 Å². The molecule has 1 saturated heterocycles. The zero-order valence-electron chi connectivity index (χ0n) is 7.86. The molecule has 4 unspecified atom stereocenters. The number of rotatable bonds is 3. The van der Waals surface area contributed by atoms with Gasteiger partial charge in [0.05, 0.1) is 18.3 Å². The third kappa shape index (κ3) is 2.44. The fraction of sp³-hybridized carbons (Fsp3) is 1.00. The summed E-state index contributed by atoms with van der Waals surface area (Å²) in [4.78, 5) is 0. The Bertz CT molecular complexity index is 130. The van der Waals surface area contributed by atoms with Crippen LogP contribution in [0.5, 0.6) is 0 Å². The van der Waals surface area contributed by atoms with Crippen LogP contribution in [0.15, 0.2) is 0 Å². The highest BCUT2D eigenvalue weighted by atomic mass is 16.5. The van der Waals surface area contributed by atoms with Crippen LogP contribution in [0, 0.1) is 5.92 Å². The van der Waals surface area contributed by atoms with Crippen LogP contribution in [0.2, 0.25) is 0 Å². The van der Waals surface area contributed by atoms with Gasteiger partial charge in [-0.15, -0.1) is 0 Å². The third-order valence-electron chi connectivity index (χ3n) is 2.65. The molecule has 1 aliphatic rings. The Labute approximate surface area is 73.9 Å². The molecule has 0 radical (unpaired) electrons. The maximum absolute atomic E-state index is 9.29. The van der Waals surface area contributed by atoms with Crippen LogP contribution in [0.3, 0.4) is 0 Å². The molecule has 3 heteroatoms. The number of hydrogen-bond acceptors (Lipinski definition) is 3. The Morgan fingerprint density at radius 1 is 1.58 bits per heavy atom. The Morgan fingerprint density at radius 3 is 2.67 bits per heavy atom. The van der Waals surface area contributed by atoms with Crippen molar-refractivity contribution in [2.75, 3.05) is 6.54 Å². The summed E-state index contributed by atoms with van der Waals surface area (Å²) in [6.07, 6.45) is 1.89. The lowest BCUT2D eigenvalue weighted by atomic mass is 10.0. The smallest absolute Gasteiger partial charge is 0.0687 e. The molecule has 0 aromatic heterocycles. The molecule has 0 aromatic carbocycles. The first-order valence-corrected chi connectivity index (χ1v) is 4.67. The van der Waals surface area contributed by atoms with Crippen molar-refractivity contribution >= 4 is 0 Å². The lowest BCUT2D eigenvalue weighted by Gasteiger charge is -2.13. The quantitative estimate of drug-likeness (QED) is 0.654. The second kappa shape index (κ2) is 4.21. The van der Waals surface area contributed by atoms with Gasteiger partial charge in [-0.2, -0.15) is 0 Å². The average Bonchev–Trinajstić information content (AvgIpc) is 2.31. The molecule has 72 valence electrons. The molecular formula is C9H19NO2. The predicted octanol–water partition coefficient (Wildman–Crippen LogP) is 0.510. The average molecular weight is 173 g/mol. The maximum Gasteiger partial charge on any atom is 0.0687 e. The van der Waals surface area contributed by atoms with Crippen LogP contribution in [0.1, 0.15) is 26.7 Å². The summed E-state index contributed by atoms with van der Waals surface area (Å²) in [6.45, 7) is 4.60. The highest BCUT2D eigenvalue weighted by molar-refractivity contribution is 4.78. The van der Waals surface area contributed by atoms with Crippen molar-refractivity contribution in [3.05, 3.63) is 0 Å². The molecule has 1 fully saturated rings. The van der Waals surface area contributed by atoms with Crippen molar-refractivity contribution in [1.29, 1.82) is 0 Å². The fourth-order valence-electron chi connectivity index (χ4n) is 1.65. The highest BCUT2D eigenvalue weighted by Gasteiger charge is 2.29.